The van der Waals surface area contributed by atoms with Gasteiger partial charge in [0, 0.05) is 18.5 Å². The van der Waals surface area contributed by atoms with Gasteiger partial charge in [-0.2, -0.15) is 0 Å². The molecule has 2 aromatic carbocycles. The number of benzene rings is 2. The van der Waals surface area contributed by atoms with E-state index in [1.54, 1.807) is 16.4 Å². The second kappa shape index (κ2) is 8.27. The summed E-state index contributed by atoms with van der Waals surface area (Å²) in [4.78, 5) is 25.1. The average molecular weight is 384 g/mol. The van der Waals surface area contributed by atoms with E-state index in [2.05, 4.69) is 5.32 Å². The molecule has 3 aromatic rings. The summed E-state index contributed by atoms with van der Waals surface area (Å²) in [5, 5.41) is 3.49. The molecule has 0 spiro atoms. The molecule has 0 aliphatic heterocycles. The molecule has 1 amide bonds. The van der Waals surface area contributed by atoms with E-state index in [-0.39, 0.29) is 11.5 Å². The fourth-order valence-electron chi connectivity index (χ4n) is 3.02. The Morgan fingerprint density at radius 3 is 2.41 bits per heavy atom. The van der Waals surface area contributed by atoms with Crippen LogP contribution in [0.25, 0.3) is 5.69 Å². The molecule has 0 saturated carbocycles. The van der Waals surface area contributed by atoms with Crippen molar-refractivity contribution < 1.29 is 4.79 Å². The lowest BCUT2D eigenvalue weighted by Crippen LogP contribution is -2.22. The Kier molecular flexibility index (Phi) is 5.81. The summed E-state index contributed by atoms with van der Waals surface area (Å²) in [6, 6.07) is 17.0. The lowest BCUT2D eigenvalue weighted by atomic mass is 10.1. The fourth-order valence-corrected chi connectivity index (χ4v) is 3.14. The van der Waals surface area contributed by atoms with Crippen molar-refractivity contribution in [1.29, 1.82) is 0 Å². The minimum absolute atomic E-state index is 0.157. The van der Waals surface area contributed by atoms with E-state index in [1.165, 1.54) is 0 Å². The van der Waals surface area contributed by atoms with Crippen molar-refractivity contribution in [2.75, 3.05) is 5.32 Å². The number of amides is 1. The van der Waals surface area contributed by atoms with Crippen molar-refractivity contribution in [2.45, 2.75) is 26.2 Å². The number of aryl methyl sites for hydroxylation is 1. The normalized spacial score (nSPS) is 10.8. The Morgan fingerprint density at radius 1 is 1.07 bits per heavy atom. The number of nitrogens with zero attached hydrogens (tertiary/aromatic N) is 2. The molecule has 6 heteroatoms. The molecule has 0 atom stereocenters. The third kappa shape index (κ3) is 4.31. The van der Waals surface area contributed by atoms with E-state index in [1.807, 2.05) is 61.5 Å². The first kappa shape index (κ1) is 19.0. The van der Waals surface area contributed by atoms with E-state index in [0.717, 1.165) is 23.4 Å². The molecular formula is C21H22ClN3O2. The zero-order valence-corrected chi connectivity index (χ0v) is 16.2. The first-order valence-corrected chi connectivity index (χ1v) is 9.23. The van der Waals surface area contributed by atoms with Crippen LogP contribution in [-0.2, 0) is 18.3 Å². The Hall–Kier alpha value is -2.79. The monoisotopic (exact) mass is 383 g/mol. The molecule has 1 N–H and O–H groups in total. The van der Waals surface area contributed by atoms with Crippen LogP contribution in [-0.4, -0.2) is 15.3 Å². The largest absolute Gasteiger partial charge is 0.320 e. The molecule has 0 aliphatic carbocycles. The smallest absolute Gasteiger partial charge is 0.295 e. The van der Waals surface area contributed by atoms with Crippen LogP contribution in [0.2, 0.25) is 5.02 Å². The van der Waals surface area contributed by atoms with Crippen molar-refractivity contribution in [1.82, 2.24) is 9.36 Å². The van der Waals surface area contributed by atoms with Crippen LogP contribution in [0.4, 0.5) is 5.69 Å². The number of hydrogen-bond donors (Lipinski definition) is 1. The van der Waals surface area contributed by atoms with Crippen molar-refractivity contribution in [3.63, 3.8) is 0 Å². The van der Waals surface area contributed by atoms with Crippen LogP contribution < -0.4 is 10.9 Å². The van der Waals surface area contributed by atoms with Crippen molar-refractivity contribution in [3.8, 4) is 5.69 Å². The summed E-state index contributed by atoms with van der Waals surface area (Å²) in [5.41, 5.74) is 2.71. The van der Waals surface area contributed by atoms with E-state index >= 15 is 0 Å². The van der Waals surface area contributed by atoms with E-state index in [9.17, 15) is 9.59 Å². The molecule has 0 aliphatic rings. The first-order chi connectivity index (χ1) is 13.0. The summed E-state index contributed by atoms with van der Waals surface area (Å²) in [6.45, 7) is 1.82. The number of carbonyl (C=O) groups is 1. The van der Waals surface area contributed by atoms with Gasteiger partial charge in [-0.15, -0.1) is 0 Å². The van der Waals surface area contributed by atoms with Gasteiger partial charge in [0.05, 0.1) is 11.4 Å². The summed E-state index contributed by atoms with van der Waals surface area (Å²) < 4.78 is 3.31. The van der Waals surface area contributed by atoms with Crippen LogP contribution in [0.1, 0.15) is 24.1 Å². The van der Waals surface area contributed by atoms with Gasteiger partial charge >= 0.3 is 0 Å². The van der Waals surface area contributed by atoms with Crippen LogP contribution in [0.15, 0.2) is 59.4 Å². The van der Waals surface area contributed by atoms with Gasteiger partial charge < -0.3 is 5.32 Å². The maximum atomic E-state index is 12.8. The number of halogens is 1. The second-order valence-corrected chi connectivity index (χ2v) is 6.90. The van der Waals surface area contributed by atoms with E-state index in [4.69, 9.17) is 11.6 Å². The number of para-hydroxylation sites is 1. The predicted octanol–water partition coefficient (Wildman–Crippen LogP) is 4.10. The zero-order chi connectivity index (χ0) is 19.4. The molecule has 0 unspecified atom stereocenters. The SMILES string of the molecule is Cc1c(NC(=O)CCCc2ccc(Cl)cc2)c(=O)n(-c2ccccc2)n1C. The lowest BCUT2D eigenvalue weighted by molar-refractivity contribution is -0.116. The Morgan fingerprint density at radius 2 is 1.74 bits per heavy atom. The first-order valence-electron chi connectivity index (χ1n) is 8.85. The maximum absolute atomic E-state index is 12.8. The van der Waals surface area contributed by atoms with Gasteiger partial charge in [-0.25, -0.2) is 4.68 Å². The van der Waals surface area contributed by atoms with E-state index in [0.29, 0.717) is 23.6 Å². The minimum atomic E-state index is -0.229. The highest BCUT2D eigenvalue weighted by molar-refractivity contribution is 6.30. The van der Waals surface area contributed by atoms with Crippen molar-refractivity contribution in [3.05, 3.63) is 81.2 Å². The van der Waals surface area contributed by atoms with Gasteiger partial charge in [0.2, 0.25) is 5.91 Å². The molecule has 5 nitrogen and oxygen atoms in total. The number of carbonyl (C=O) groups excluding carboxylic acids is 1. The second-order valence-electron chi connectivity index (χ2n) is 6.46. The number of aromatic nitrogens is 2. The van der Waals surface area contributed by atoms with Crippen molar-refractivity contribution >= 4 is 23.2 Å². The molecule has 0 bridgehead atoms. The quantitative estimate of drug-likeness (QED) is 0.696. The molecule has 140 valence electrons. The van der Waals surface area contributed by atoms with Gasteiger partial charge in [0.15, 0.2) is 0 Å². The molecule has 0 radical (unpaired) electrons. The van der Waals surface area contributed by atoms with Crippen molar-refractivity contribution in [2.24, 2.45) is 7.05 Å². The third-order valence-corrected chi connectivity index (χ3v) is 4.85. The maximum Gasteiger partial charge on any atom is 0.295 e. The Bertz CT molecular complexity index is 989. The summed E-state index contributed by atoms with van der Waals surface area (Å²) >= 11 is 5.88. The van der Waals surface area contributed by atoms with Gasteiger partial charge in [0.1, 0.15) is 5.69 Å². The van der Waals surface area contributed by atoms with E-state index < -0.39 is 0 Å². The minimum Gasteiger partial charge on any atom is -0.320 e. The molecule has 1 heterocycles. The fraction of sp³-hybridized carbons (Fsp3) is 0.238. The highest BCUT2D eigenvalue weighted by Gasteiger charge is 2.17. The molecular weight excluding hydrogens is 362 g/mol. The van der Waals surface area contributed by atoms with Gasteiger partial charge in [-0.1, -0.05) is 41.9 Å². The van der Waals surface area contributed by atoms with Crippen LogP contribution in [0.3, 0.4) is 0 Å². The number of anilines is 1. The van der Waals surface area contributed by atoms with Crippen LogP contribution in [0, 0.1) is 6.92 Å². The Balaban J connectivity index is 1.67. The topological polar surface area (TPSA) is 56.0 Å². The van der Waals surface area contributed by atoms with Gasteiger partial charge in [-0.3, -0.25) is 14.3 Å². The summed E-state index contributed by atoms with van der Waals surface area (Å²) in [7, 11) is 1.81. The van der Waals surface area contributed by atoms with Crippen LogP contribution >= 0.6 is 11.6 Å². The molecule has 27 heavy (non-hydrogen) atoms. The number of hydrogen-bond acceptors (Lipinski definition) is 2. The molecule has 0 fully saturated rings. The molecule has 3 rings (SSSR count). The average Bonchev–Trinajstić information content (AvgIpc) is 2.87. The third-order valence-electron chi connectivity index (χ3n) is 4.60. The standard InChI is InChI=1S/C21H22ClN3O2/c1-15-20(21(27)25(24(15)2)18-8-4-3-5-9-18)23-19(26)10-6-7-16-11-13-17(22)14-12-16/h3-5,8-9,11-14H,6-7,10H2,1-2H3,(H,23,26). The Labute approximate surface area is 163 Å². The predicted molar refractivity (Wildman–Crippen MR) is 109 cm³/mol. The van der Waals surface area contributed by atoms with Gasteiger partial charge in [0.25, 0.3) is 5.56 Å². The molecule has 1 aromatic heterocycles. The van der Waals surface area contributed by atoms with Gasteiger partial charge in [-0.05, 0) is 49.6 Å². The highest BCUT2D eigenvalue weighted by Crippen LogP contribution is 2.15. The summed E-state index contributed by atoms with van der Waals surface area (Å²) in [5.74, 6) is -0.157. The highest BCUT2D eigenvalue weighted by atomic mass is 35.5. The van der Waals surface area contributed by atoms with Crippen LogP contribution in [0.5, 0.6) is 0 Å². The number of rotatable bonds is 6. The molecule has 0 saturated heterocycles. The summed E-state index contributed by atoms with van der Waals surface area (Å²) in [6.07, 6.45) is 1.83. The zero-order valence-electron chi connectivity index (χ0n) is 15.4. The number of nitrogens with one attached hydrogen (secondary N) is 1. The lowest BCUT2D eigenvalue weighted by Gasteiger charge is -2.07.